The lowest BCUT2D eigenvalue weighted by atomic mass is 9.70. The molecule has 4 aromatic heterocycles. The number of hydrogen-bond acceptors (Lipinski definition) is 4. The van der Waals surface area contributed by atoms with Gasteiger partial charge in [0.1, 0.15) is 0 Å². The number of para-hydroxylation sites is 2. The van der Waals surface area contributed by atoms with Gasteiger partial charge in [-0.05, 0) is 133 Å². The van der Waals surface area contributed by atoms with Crippen LogP contribution >= 0.6 is 0 Å². The molecule has 5 nitrogen and oxygen atoms in total. The van der Waals surface area contributed by atoms with Crippen molar-refractivity contribution in [2.75, 3.05) is 0 Å². The largest absolute Gasteiger partial charge is 0.309 e. The molecule has 1 unspecified atom stereocenters. The van der Waals surface area contributed by atoms with Gasteiger partial charge in [-0.15, -0.1) is 0 Å². The van der Waals surface area contributed by atoms with Crippen LogP contribution in [0.5, 0.6) is 0 Å². The minimum absolute atomic E-state index is 0.628. The third-order valence-electron chi connectivity index (χ3n) is 14.5. The zero-order chi connectivity index (χ0) is 43.1. The van der Waals surface area contributed by atoms with E-state index in [1.165, 1.54) is 99.3 Å². The summed E-state index contributed by atoms with van der Waals surface area (Å²) in [5, 5.41) is 4.99. The van der Waals surface area contributed by atoms with Crippen LogP contribution in [0.4, 0.5) is 0 Å². The first-order valence-corrected chi connectivity index (χ1v) is 22.5. The third-order valence-corrected chi connectivity index (χ3v) is 14.5. The highest BCUT2D eigenvalue weighted by atomic mass is 15.0. The second-order valence-corrected chi connectivity index (χ2v) is 17.7. The van der Waals surface area contributed by atoms with Crippen molar-refractivity contribution >= 4 is 32.6 Å². The van der Waals surface area contributed by atoms with E-state index in [1.54, 1.807) is 0 Å². The zero-order valence-corrected chi connectivity index (χ0v) is 35.4. The number of aromatic nitrogens is 5. The zero-order valence-electron chi connectivity index (χ0n) is 35.4. The van der Waals surface area contributed by atoms with Crippen LogP contribution in [0.15, 0.2) is 213 Å². The first kappa shape index (κ1) is 35.6. The Morgan fingerprint density at radius 3 is 1.65 bits per heavy atom. The molecule has 0 N–H and O–H groups in total. The van der Waals surface area contributed by atoms with Crippen LogP contribution < -0.4 is 0 Å². The van der Waals surface area contributed by atoms with Crippen LogP contribution in [0.25, 0.3) is 117 Å². The highest BCUT2D eigenvalue weighted by Crippen LogP contribution is 2.67. The molecule has 15 rings (SSSR count). The molecule has 0 amide bonds. The summed E-state index contributed by atoms with van der Waals surface area (Å²) in [4.78, 5) is 20.2. The van der Waals surface area contributed by atoms with Gasteiger partial charge in [-0.25, -0.2) is 9.97 Å². The predicted molar refractivity (Wildman–Crippen MR) is 267 cm³/mol. The van der Waals surface area contributed by atoms with E-state index in [1.807, 2.05) is 36.9 Å². The fourth-order valence-corrected chi connectivity index (χ4v) is 12.0. The Kier molecular flexibility index (Phi) is 7.09. The lowest BCUT2D eigenvalue weighted by Crippen LogP contribution is -2.26. The topological polar surface area (TPSA) is 56.5 Å². The van der Waals surface area contributed by atoms with Gasteiger partial charge in [-0.1, -0.05) is 127 Å². The molecule has 1 atom stereocenters. The van der Waals surface area contributed by atoms with E-state index in [9.17, 15) is 0 Å². The molecule has 8 aromatic carbocycles. The Hall–Kier alpha value is -8.80. The Labute approximate surface area is 380 Å². The molecular weight excluding hydrogens is 803 g/mol. The minimum Gasteiger partial charge on any atom is -0.309 e. The van der Waals surface area contributed by atoms with Gasteiger partial charge in [0, 0.05) is 63.5 Å². The molecule has 0 saturated carbocycles. The Balaban J connectivity index is 1.08. The molecule has 12 aromatic rings. The van der Waals surface area contributed by atoms with Crippen LogP contribution in [0, 0.1) is 0 Å². The molecule has 5 heteroatoms. The minimum atomic E-state index is -0.628. The highest BCUT2D eigenvalue weighted by molar-refractivity contribution is 6.21. The van der Waals surface area contributed by atoms with Crippen molar-refractivity contribution in [3.05, 3.63) is 235 Å². The molecule has 0 radical (unpaired) electrons. The van der Waals surface area contributed by atoms with E-state index < -0.39 is 5.41 Å². The lowest BCUT2D eigenvalue weighted by molar-refractivity contribution is 0.794. The summed E-state index contributed by atoms with van der Waals surface area (Å²) < 4.78 is 2.43. The van der Waals surface area contributed by atoms with Crippen molar-refractivity contribution in [3.8, 4) is 84.1 Å². The van der Waals surface area contributed by atoms with Crippen LogP contribution in [0.1, 0.15) is 22.3 Å². The van der Waals surface area contributed by atoms with Crippen LogP contribution in [0.2, 0.25) is 0 Å². The summed E-state index contributed by atoms with van der Waals surface area (Å²) in [6, 6.07) is 69.0. The predicted octanol–water partition coefficient (Wildman–Crippen LogP) is 14.5. The number of nitrogens with zero attached hydrogens (tertiary/aromatic N) is 5. The van der Waals surface area contributed by atoms with Crippen molar-refractivity contribution in [2.45, 2.75) is 5.41 Å². The average Bonchev–Trinajstić information content (AvgIpc) is 4.09. The Bertz CT molecular complexity index is 3940. The maximum Gasteiger partial charge on any atom is 0.161 e. The Morgan fingerprint density at radius 2 is 0.970 bits per heavy atom. The fraction of sp³-hybridized carbons (Fsp3) is 0.0164. The number of hydrogen-bond donors (Lipinski definition) is 0. The number of benzene rings is 8. The molecular formula is C61H35N5. The lowest BCUT2D eigenvalue weighted by Gasteiger charge is -2.31. The van der Waals surface area contributed by atoms with Crippen LogP contribution in [-0.4, -0.2) is 24.5 Å². The van der Waals surface area contributed by atoms with E-state index in [-0.39, 0.29) is 0 Å². The molecule has 0 aliphatic heterocycles. The smallest absolute Gasteiger partial charge is 0.161 e. The van der Waals surface area contributed by atoms with Gasteiger partial charge in [0.15, 0.2) is 5.82 Å². The second kappa shape index (κ2) is 13.1. The molecule has 3 aliphatic rings. The van der Waals surface area contributed by atoms with Crippen LogP contribution in [-0.2, 0) is 5.41 Å². The first-order valence-electron chi connectivity index (χ1n) is 22.5. The summed E-state index contributed by atoms with van der Waals surface area (Å²) in [6.45, 7) is 0. The average molecular weight is 838 g/mol. The van der Waals surface area contributed by atoms with Crippen molar-refractivity contribution in [3.63, 3.8) is 0 Å². The van der Waals surface area contributed by atoms with Gasteiger partial charge in [-0.3, -0.25) is 9.97 Å². The monoisotopic (exact) mass is 837 g/mol. The van der Waals surface area contributed by atoms with Gasteiger partial charge < -0.3 is 4.57 Å². The number of fused-ring (bicyclic) bond motifs is 16. The fourth-order valence-electron chi connectivity index (χ4n) is 12.0. The van der Waals surface area contributed by atoms with Gasteiger partial charge in [0.25, 0.3) is 0 Å². The SMILES string of the molecule is c1cncc(-c2cc(-c3cccnc3)nc(-c3c4c(cc5c3-c3ccccc3C53c5ccccc5-c5cc(-n6c7ccccc7c7ccccc76)ccc53)-c3cccc5cccc-4c35)n2)c1. The maximum atomic E-state index is 5.57. The van der Waals surface area contributed by atoms with Gasteiger partial charge in [0.05, 0.1) is 27.8 Å². The standard InChI is InChI=1S/C61H35N5/c1-5-23-48-40(17-1)46-31-39(66-54-25-7-3-18-41(54)42-19-4-8-26-55(42)66)27-28-50(46)61(48)49-24-6-2-20-44(49)58-51(61)32-47-43-21-9-13-36-14-10-22-45(56(36)43)57(47)59(58)60-64-52(37-15-11-29-62-34-37)33-53(65-60)38-16-12-30-63-35-38/h1-35H. The second-order valence-electron chi connectivity index (χ2n) is 17.7. The van der Waals surface area contributed by atoms with E-state index in [2.05, 4.69) is 190 Å². The van der Waals surface area contributed by atoms with Gasteiger partial charge >= 0.3 is 0 Å². The molecule has 0 bridgehead atoms. The molecule has 1 spiro atoms. The normalized spacial score (nSPS) is 14.7. The van der Waals surface area contributed by atoms with Crippen molar-refractivity contribution < 1.29 is 0 Å². The molecule has 4 heterocycles. The highest BCUT2D eigenvalue weighted by Gasteiger charge is 2.53. The van der Waals surface area contributed by atoms with Crippen molar-refractivity contribution in [2.24, 2.45) is 0 Å². The summed E-state index contributed by atoms with van der Waals surface area (Å²) >= 11 is 0. The summed E-state index contributed by atoms with van der Waals surface area (Å²) in [7, 11) is 0. The summed E-state index contributed by atoms with van der Waals surface area (Å²) in [5.41, 5.74) is 22.2. The van der Waals surface area contributed by atoms with Gasteiger partial charge in [0.2, 0.25) is 0 Å². The van der Waals surface area contributed by atoms with E-state index in [4.69, 9.17) is 9.97 Å². The molecule has 0 saturated heterocycles. The molecule has 0 fully saturated rings. The quantitative estimate of drug-likeness (QED) is 0.177. The summed E-state index contributed by atoms with van der Waals surface area (Å²) in [5.74, 6) is 0.674. The summed E-state index contributed by atoms with van der Waals surface area (Å²) in [6.07, 6.45) is 7.39. The van der Waals surface area contributed by atoms with Gasteiger partial charge in [-0.2, -0.15) is 0 Å². The van der Waals surface area contributed by atoms with Crippen LogP contribution in [0.3, 0.4) is 0 Å². The number of pyridine rings is 2. The van der Waals surface area contributed by atoms with E-state index in [0.29, 0.717) is 5.82 Å². The first-order chi connectivity index (χ1) is 32.8. The number of rotatable bonds is 4. The molecule has 66 heavy (non-hydrogen) atoms. The maximum absolute atomic E-state index is 5.57. The molecule has 304 valence electrons. The Morgan fingerprint density at radius 1 is 0.379 bits per heavy atom. The molecule has 3 aliphatic carbocycles. The van der Waals surface area contributed by atoms with Crippen molar-refractivity contribution in [1.82, 2.24) is 24.5 Å². The van der Waals surface area contributed by atoms with E-state index >= 15 is 0 Å². The van der Waals surface area contributed by atoms with E-state index in [0.717, 1.165) is 33.8 Å². The van der Waals surface area contributed by atoms with Crippen molar-refractivity contribution in [1.29, 1.82) is 0 Å². The third kappa shape index (κ3) is 4.58.